The van der Waals surface area contributed by atoms with Gasteiger partial charge in [0.1, 0.15) is 5.76 Å². The molecule has 0 bridgehead atoms. The van der Waals surface area contributed by atoms with Crippen molar-refractivity contribution in [2.45, 2.75) is 32.8 Å². The number of carbonyl (C=O) groups is 1. The molecule has 0 saturated carbocycles. The van der Waals surface area contributed by atoms with E-state index in [9.17, 15) is 4.79 Å². The Hall–Kier alpha value is -1.36. The Kier molecular flexibility index (Phi) is 3.24. The summed E-state index contributed by atoms with van der Waals surface area (Å²) in [6.07, 6.45) is 2.23. The fourth-order valence-corrected chi connectivity index (χ4v) is 1.73. The summed E-state index contributed by atoms with van der Waals surface area (Å²) in [5.41, 5.74) is 1.17. The van der Waals surface area contributed by atoms with E-state index < -0.39 is 0 Å². The molecule has 88 valence electrons. The topological polar surface area (TPSA) is 64.4 Å². The highest BCUT2D eigenvalue weighted by molar-refractivity contribution is 5.93. The number of rotatable bonds is 3. The molecule has 5 heteroatoms. The Labute approximate surface area is 94.1 Å². The Bertz CT molecular complexity index is 381. The third-order valence-electron chi connectivity index (χ3n) is 2.89. The summed E-state index contributed by atoms with van der Waals surface area (Å²) < 4.78 is 10.4. The summed E-state index contributed by atoms with van der Waals surface area (Å²) in [6.45, 7) is 4.96. The predicted molar refractivity (Wildman–Crippen MR) is 57.3 cm³/mol. The van der Waals surface area contributed by atoms with Crippen molar-refractivity contribution >= 4 is 5.91 Å². The van der Waals surface area contributed by atoms with Crippen molar-refractivity contribution in [1.82, 2.24) is 10.5 Å². The molecule has 2 rings (SSSR count). The molecular weight excluding hydrogens is 208 g/mol. The van der Waals surface area contributed by atoms with E-state index in [-0.39, 0.29) is 12.0 Å². The molecule has 0 aromatic carbocycles. The van der Waals surface area contributed by atoms with E-state index in [1.807, 2.05) is 6.92 Å². The molecule has 1 N–H and O–H groups in total. The average Bonchev–Trinajstić information content (AvgIpc) is 2.88. The normalized spacial score (nSPS) is 20.0. The van der Waals surface area contributed by atoms with Crippen molar-refractivity contribution in [3.8, 4) is 0 Å². The van der Waals surface area contributed by atoms with Gasteiger partial charge in [-0.2, -0.15) is 0 Å². The number of nitrogens with one attached hydrogen (secondary N) is 1. The maximum atomic E-state index is 11.7. The van der Waals surface area contributed by atoms with Crippen LogP contribution in [0.3, 0.4) is 0 Å². The van der Waals surface area contributed by atoms with E-state index >= 15 is 0 Å². The summed E-state index contributed by atoms with van der Waals surface area (Å²) in [4.78, 5) is 11.7. The molecule has 1 aromatic heterocycles. The highest BCUT2D eigenvalue weighted by Crippen LogP contribution is 2.13. The minimum atomic E-state index is -0.190. The van der Waals surface area contributed by atoms with Crippen molar-refractivity contribution in [1.29, 1.82) is 0 Å². The highest BCUT2D eigenvalue weighted by Gasteiger charge is 2.19. The molecule has 1 fully saturated rings. The molecule has 1 saturated heterocycles. The van der Waals surface area contributed by atoms with Crippen LogP contribution in [0.2, 0.25) is 0 Å². The summed E-state index contributed by atoms with van der Waals surface area (Å²) in [6, 6.07) is 0. The number of carbonyl (C=O) groups excluding carboxylic acids is 1. The number of aromatic nitrogens is 1. The molecule has 0 aliphatic carbocycles. The number of ether oxygens (including phenoxy) is 1. The van der Waals surface area contributed by atoms with Crippen LogP contribution in [-0.4, -0.2) is 30.3 Å². The number of hydrogen-bond donors (Lipinski definition) is 1. The Morgan fingerprint density at radius 1 is 1.56 bits per heavy atom. The van der Waals surface area contributed by atoms with Crippen molar-refractivity contribution in [2.24, 2.45) is 0 Å². The summed E-state index contributed by atoms with van der Waals surface area (Å²) in [5, 5.41) is 6.54. The summed E-state index contributed by atoms with van der Waals surface area (Å²) in [5.74, 6) is 0.493. The lowest BCUT2D eigenvalue weighted by atomic mass is 10.2. The molecule has 1 atom stereocenters. The molecule has 1 aromatic rings. The largest absolute Gasteiger partial charge is 0.376 e. The maximum Gasteiger partial charge on any atom is 0.273 e. The van der Waals surface area contributed by atoms with Gasteiger partial charge in [-0.25, -0.2) is 0 Å². The van der Waals surface area contributed by atoms with Gasteiger partial charge in [-0.05, 0) is 26.7 Å². The van der Waals surface area contributed by atoms with Crippen LogP contribution >= 0.6 is 0 Å². The molecule has 2 heterocycles. The van der Waals surface area contributed by atoms with Crippen LogP contribution in [0.5, 0.6) is 0 Å². The lowest BCUT2D eigenvalue weighted by Gasteiger charge is -2.09. The first-order chi connectivity index (χ1) is 7.68. The van der Waals surface area contributed by atoms with Gasteiger partial charge in [0, 0.05) is 18.7 Å². The third-order valence-corrected chi connectivity index (χ3v) is 2.89. The fraction of sp³-hybridized carbons (Fsp3) is 0.636. The smallest absolute Gasteiger partial charge is 0.273 e. The molecule has 1 aliphatic rings. The van der Waals surface area contributed by atoms with Gasteiger partial charge in [0.15, 0.2) is 5.69 Å². The number of aryl methyl sites for hydroxylation is 1. The minimum Gasteiger partial charge on any atom is -0.376 e. The zero-order valence-corrected chi connectivity index (χ0v) is 9.58. The van der Waals surface area contributed by atoms with Crippen molar-refractivity contribution < 1.29 is 14.1 Å². The zero-order chi connectivity index (χ0) is 11.5. The van der Waals surface area contributed by atoms with Crippen molar-refractivity contribution in [3.63, 3.8) is 0 Å². The monoisotopic (exact) mass is 224 g/mol. The van der Waals surface area contributed by atoms with Gasteiger partial charge in [0.2, 0.25) is 0 Å². The SMILES string of the molecule is Cc1onc(C(=O)NCC2CCCO2)c1C. The van der Waals surface area contributed by atoms with E-state index in [2.05, 4.69) is 10.5 Å². The van der Waals surface area contributed by atoms with Crippen molar-refractivity contribution in [3.05, 3.63) is 17.0 Å². The Morgan fingerprint density at radius 2 is 2.38 bits per heavy atom. The van der Waals surface area contributed by atoms with E-state index in [1.54, 1.807) is 6.92 Å². The molecular formula is C11H16N2O3. The van der Waals surface area contributed by atoms with Gasteiger partial charge in [0.05, 0.1) is 6.10 Å². The van der Waals surface area contributed by atoms with Gasteiger partial charge >= 0.3 is 0 Å². The Balaban J connectivity index is 1.90. The van der Waals surface area contributed by atoms with E-state index in [1.165, 1.54) is 0 Å². The van der Waals surface area contributed by atoms with Crippen LogP contribution in [0.4, 0.5) is 0 Å². The molecule has 0 spiro atoms. The quantitative estimate of drug-likeness (QED) is 0.837. The first-order valence-electron chi connectivity index (χ1n) is 5.51. The van der Waals surface area contributed by atoms with Gasteiger partial charge in [-0.15, -0.1) is 0 Å². The summed E-state index contributed by atoms with van der Waals surface area (Å²) >= 11 is 0. The standard InChI is InChI=1S/C11H16N2O3/c1-7-8(2)16-13-10(7)11(14)12-6-9-4-3-5-15-9/h9H,3-6H2,1-2H3,(H,12,14). The second-order valence-electron chi connectivity index (χ2n) is 4.06. The third kappa shape index (κ3) is 2.24. The predicted octanol–water partition coefficient (Wildman–Crippen LogP) is 1.20. The van der Waals surface area contributed by atoms with Crippen LogP contribution in [0.15, 0.2) is 4.52 Å². The van der Waals surface area contributed by atoms with E-state index in [0.29, 0.717) is 18.0 Å². The van der Waals surface area contributed by atoms with Crippen LogP contribution in [0.25, 0.3) is 0 Å². The molecule has 1 aliphatic heterocycles. The lowest BCUT2D eigenvalue weighted by Crippen LogP contribution is -2.32. The van der Waals surface area contributed by atoms with Crippen LogP contribution in [0, 0.1) is 13.8 Å². The van der Waals surface area contributed by atoms with Gasteiger partial charge in [-0.3, -0.25) is 4.79 Å². The van der Waals surface area contributed by atoms with E-state index in [0.717, 1.165) is 25.0 Å². The minimum absolute atomic E-state index is 0.150. The molecule has 16 heavy (non-hydrogen) atoms. The molecule has 0 radical (unpaired) electrons. The maximum absolute atomic E-state index is 11.7. The first-order valence-corrected chi connectivity index (χ1v) is 5.51. The van der Waals surface area contributed by atoms with Gasteiger partial charge < -0.3 is 14.6 Å². The number of nitrogens with zero attached hydrogens (tertiary/aromatic N) is 1. The summed E-state index contributed by atoms with van der Waals surface area (Å²) in [7, 11) is 0. The second kappa shape index (κ2) is 4.65. The lowest BCUT2D eigenvalue weighted by molar-refractivity contribution is 0.0850. The van der Waals surface area contributed by atoms with Gasteiger partial charge in [0.25, 0.3) is 5.91 Å². The highest BCUT2D eigenvalue weighted by atomic mass is 16.5. The average molecular weight is 224 g/mol. The fourth-order valence-electron chi connectivity index (χ4n) is 1.73. The second-order valence-corrected chi connectivity index (χ2v) is 4.06. The molecule has 5 nitrogen and oxygen atoms in total. The zero-order valence-electron chi connectivity index (χ0n) is 9.58. The first kappa shape index (κ1) is 11.1. The number of hydrogen-bond acceptors (Lipinski definition) is 4. The van der Waals surface area contributed by atoms with Crippen LogP contribution in [-0.2, 0) is 4.74 Å². The van der Waals surface area contributed by atoms with E-state index in [4.69, 9.17) is 9.26 Å². The molecule has 1 unspecified atom stereocenters. The van der Waals surface area contributed by atoms with Crippen LogP contribution in [0.1, 0.15) is 34.7 Å². The Morgan fingerprint density at radius 3 is 2.94 bits per heavy atom. The van der Waals surface area contributed by atoms with Gasteiger partial charge in [-0.1, -0.05) is 5.16 Å². The van der Waals surface area contributed by atoms with Crippen molar-refractivity contribution in [2.75, 3.05) is 13.2 Å². The number of amides is 1. The molecule has 1 amide bonds. The van der Waals surface area contributed by atoms with Crippen LogP contribution < -0.4 is 5.32 Å².